The summed E-state index contributed by atoms with van der Waals surface area (Å²) in [4.78, 5) is 6.79. The first kappa shape index (κ1) is 15.7. The van der Waals surface area contributed by atoms with Crippen LogP contribution in [0, 0.1) is 0 Å². The summed E-state index contributed by atoms with van der Waals surface area (Å²) >= 11 is 12.0. The number of rotatable bonds is 5. The Kier molecular flexibility index (Phi) is 5.31. The van der Waals surface area contributed by atoms with E-state index in [9.17, 15) is 0 Å². The average molecular weight is 342 g/mol. The third-order valence-corrected chi connectivity index (χ3v) is 4.16. The number of aryl methyl sites for hydroxylation is 1. The Balaban J connectivity index is 1.56. The van der Waals surface area contributed by atoms with Gasteiger partial charge in [0.05, 0.1) is 18.2 Å². The number of ether oxygens (including phenoxy) is 1. The van der Waals surface area contributed by atoms with Crippen LogP contribution in [-0.2, 0) is 11.2 Å². The molecule has 7 heteroatoms. The zero-order valence-electron chi connectivity index (χ0n) is 12.1. The molecule has 0 saturated carbocycles. The molecule has 118 valence electrons. The van der Waals surface area contributed by atoms with Crippen LogP contribution in [0.4, 0.5) is 0 Å². The lowest BCUT2D eigenvalue weighted by atomic mass is 10.2. The van der Waals surface area contributed by atoms with E-state index in [-0.39, 0.29) is 0 Å². The van der Waals surface area contributed by atoms with Crippen molar-refractivity contribution in [2.45, 2.75) is 12.8 Å². The van der Waals surface area contributed by atoms with Gasteiger partial charge in [0.25, 0.3) is 0 Å². The Morgan fingerprint density at radius 2 is 2.00 bits per heavy atom. The molecule has 1 saturated heterocycles. The highest BCUT2D eigenvalue weighted by Crippen LogP contribution is 2.28. The quantitative estimate of drug-likeness (QED) is 0.834. The first-order chi connectivity index (χ1) is 10.7. The molecule has 2 aromatic rings. The molecule has 1 aliphatic heterocycles. The molecule has 0 bridgehead atoms. The van der Waals surface area contributed by atoms with Gasteiger partial charge in [0.15, 0.2) is 0 Å². The monoisotopic (exact) mass is 341 g/mol. The van der Waals surface area contributed by atoms with Crippen LogP contribution in [0.2, 0.25) is 10.0 Å². The zero-order chi connectivity index (χ0) is 15.4. The van der Waals surface area contributed by atoms with Gasteiger partial charge < -0.3 is 9.26 Å². The van der Waals surface area contributed by atoms with Crippen molar-refractivity contribution in [2.24, 2.45) is 0 Å². The first-order valence-electron chi connectivity index (χ1n) is 7.30. The first-order valence-corrected chi connectivity index (χ1v) is 8.06. The average Bonchev–Trinajstić information content (AvgIpc) is 2.97. The van der Waals surface area contributed by atoms with Gasteiger partial charge in [0.1, 0.15) is 0 Å². The molecule has 0 aliphatic carbocycles. The Labute approximate surface area is 139 Å². The van der Waals surface area contributed by atoms with Crippen LogP contribution in [-0.4, -0.2) is 47.9 Å². The fourth-order valence-corrected chi connectivity index (χ4v) is 2.91. The minimum atomic E-state index is 0.503. The van der Waals surface area contributed by atoms with Crippen LogP contribution < -0.4 is 0 Å². The van der Waals surface area contributed by atoms with Crippen LogP contribution in [0.5, 0.6) is 0 Å². The van der Waals surface area contributed by atoms with Crippen molar-refractivity contribution in [3.63, 3.8) is 0 Å². The Hall–Kier alpha value is -1.14. The number of benzene rings is 1. The van der Waals surface area contributed by atoms with Crippen molar-refractivity contribution in [1.82, 2.24) is 15.0 Å². The Morgan fingerprint density at radius 3 is 2.77 bits per heavy atom. The van der Waals surface area contributed by atoms with Gasteiger partial charge in [0.2, 0.25) is 11.7 Å². The summed E-state index contributed by atoms with van der Waals surface area (Å²) in [7, 11) is 0. The molecule has 1 aromatic heterocycles. The Morgan fingerprint density at radius 1 is 1.18 bits per heavy atom. The van der Waals surface area contributed by atoms with Crippen molar-refractivity contribution in [1.29, 1.82) is 0 Å². The summed E-state index contributed by atoms with van der Waals surface area (Å²) in [5, 5.41) is 5.10. The summed E-state index contributed by atoms with van der Waals surface area (Å²) in [6.07, 6.45) is 1.74. The van der Waals surface area contributed by atoms with Crippen molar-refractivity contribution in [2.75, 3.05) is 32.8 Å². The predicted molar refractivity (Wildman–Crippen MR) is 85.3 cm³/mol. The second-order valence-electron chi connectivity index (χ2n) is 5.19. The normalized spacial score (nSPS) is 16.1. The summed E-state index contributed by atoms with van der Waals surface area (Å²) in [5.41, 5.74) is 0.731. The summed E-state index contributed by atoms with van der Waals surface area (Å²) < 4.78 is 10.6. The number of hydrogen-bond donors (Lipinski definition) is 0. The van der Waals surface area contributed by atoms with Gasteiger partial charge in [-0.1, -0.05) is 28.4 Å². The fraction of sp³-hybridized carbons (Fsp3) is 0.467. The highest BCUT2D eigenvalue weighted by molar-refractivity contribution is 6.36. The second kappa shape index (κ2) is 7.42. The minimum absolute atomic E-state index is 0.503. The van der Waals surface area contributed by atoms with E-state index in [4.69, 9.17) is 32.5 Å². The van der Waals surface area contributed by atoms with Gasteiger partial charge in [0, 0.05) is 30.1 Å². The number of hydrogen-bond acceptors (Lipinski definition) is 5. The molecule has 0 N–H and O–H groups in total. The maximum atomic E-state index is 6.15. The van der Waals surface area contributed by atoms with Crippen LogP contribution in [0.1, 0.15) is 12.3 Å². The van der Waals surface area contributed by atoms with Gasteiger partial charge >= 0.3 is 0 Å². The molecule has 0 amide bonds. The highest BCUT2D eigenvalue weighted by Gasteiger charge is 2.13. The maximum absolute atomic E-state index is 6.15. The fourth-order valence-electron chi connectivity index (χ4n) is 2.42. The molecule has 3 rings (SSSR count). The summed E-state index contributed by atoms with van der Waals surface area (Å²) in [5.74, 6) is 1.14. The van der Waals surface area contributed by atoms with E-state index in [1.807, 2.05) is 0 Å². The topological polar surface area (TPSA) is 51.4 Å². The van der Waals surface area contributed by atoms with E-state index < -0.39 is 0 Å². The molecule has 0 unspecified atom stereocenters. The number of morpholine rings is 1. The van der Waals surface area contributed by atoms with E-state index in [1.165, 1.54) is 0 Å². The van der Waals surface area contributed by atoms with E-state index in [0.717, 1.165) is 51.3 Å². The summed E-state index contributed by atoms with van der Waals surface area (Å²) in [6.45, 7) is 4.65. The van der Waals surface area contributed by atoms with Crippen LogP contribution >= 0.6 is 23.2 Å². The van der Waals surface area contributed by atoms with E-state index in [2.05, 4.69) is 15.0 Å². The summed E-state index contributed by atoms with van der Waals surface area (Å²) in [6, 6.07) is 5.23. The standard InChI is InChI=1S/C15H17Cl2N3O2/c16-11-3-4-12(13(17)10-11)15-18-14(22-19-15)2-1-5-20-6-8-21-9-7-20/h3-4,10H,1-2,5-9H2. The van der Waals surface area contributed by atoms with Gasteiger partial charge in [-0.2, -0.15) is 4.98 Å². The molecule has 1 fully saturated rings. The molecule has 0 spiro atoms. The number of aromatic nitrogens is 2. The van der Waals surface area contributed by atoms with E-state index in [1.54, 1.807) is 18.2 Å². The minimum Gasteiger partial charge on any atom is -0.379 e. The van der Waals surface area contributed by atoms with E-state index >= 15 is 0 Å². The van der Waals surface area contributed by atoms with Crippen LogP contribution in [0.3, 0.4) is 0 Å². The second-order valence-corrected chi connectivity index (χ2v) is 6.04. The molecule has 5 nitrogen and oxygen atoms in total. The lowest BCUT2D eigenvalue weighted by molar-refractivity contribution is 0.0372. The SMILES string of the molecule is Clc1ccc(-c2noc(CCCN3CCOCC3)n2)c(Cl)c1. The Bertz CT molecular complexity index is 627. The molecule has 0 atom stereocenters. The third kappa shape index (κ3) is 3.98. The van der Waals surface area contributed by atoms with E-state index in [0.29, 0.717) is 21.8 Å². The van der Waals surface area contributed by atoms with Crippen LogP contribution in [0.25, 0.3) is 11.4 Å². The zero-order valence-corrected chi connectivity index (χ0v) is 13.6. The van der Waals surface area contributed by atoms with Crippen molar-refractivity contribution < 1.29 is 9.26 Å². The van der Waals surface area contributed by atoms with Gasteiger partial charge in [-0.3, -0.25) is 4.90 Å². The van der Waals surface area contributed by atoms with Crippen LogP contribution in [0.15, 0.2) is 22.7 Å². The number of halogens is 2. The molecule has 1 aromatic carbocycles. The molecular weight excluding hydrogens is 325 g/mol. The van der Waals surface area contributed by atoms with Gasteiger partial charge in [-0.05, 0) is 31.2 Å². The molecule has 1 aliphatic rings. The van der Waals surface area contributed by atoms with Crippen molar-refractivity contribution in [3.05, 3.63) is 34.1 Å². The lowest BCUT2D eigenvalue weighted by Gasteiger charge is -2.26. The predicted octanol–water partition coefficient (Wildman–Crippen LogP) is 3.31. The van der Waals surface area contributed by atoms with Crippen molar-refractivity contribution in [3.8, 4) is 11.4 Å². The lowest BCUT2D eigenvalue weighted by Crippen LogP contribution is -2.36. The third-order valence-electron chi connectivity index (χ3n) is 3.61. The molecule has 22 heavy (non-hydrogen) atoms. The van der Waals surface area contributed by atoms with Gasteiger partial charge in [-0.15, -0.1) is 0 Å². The largest absolute Gasteiger partial charge is 0.379 e. The smallest absolute Gasteiger partial charge is 0.227 e. The molecule has 0 radical (unpaired) electrons. The highest BCUT2D eigenvalue weighted by atomic mass is 35.5. The van der Waals surface area contributed by atoms with Gasteiger partial charge in [-0.25, -0.2) is 0 Å². The maximum Gasteiger partial charge on any atom is 0.227 e. The molecule has 2 heterocycles. The van der Waals surface area contributed by atoms with Crippen molar-refractivity contribution >= 4 is 23.2 Å². The number of nitrogens with zero attached hydrogens (tertiary/aromatic N) is 3. The molecular formula is C15H17Cl2N3O2.